The SMILES string of the molecule is CCNC(c1cccc(OCC)c1)C(C)(CC)OC. The molecule has 19 heavy (non-hydrogen) atoms. The van der Waals surface area contributed by atoms with Crippen molar-refractivity contribution >= 4 is 0 Å². The van der Waals surface area contributed by atoms with Crippen LogP contribution >= 0.6 is 0 Å². The van der Waals surface area contributed by atoms with E-state index in [4.69, 9.17) is 9.47 Å². The molecule has 0 radical (unpaired) electrons. The van der Waals surface area contributed by atoms with Crippen molar-refractivity contribution in [1.29, 1.82) is 0 Å². The van der Waals surface area contributed by atoms with Gasteiger partial charge in [-0.3, -0.25) is 0 Å². The monoisotopic (exact) mass is 265 g/mol. The van der Waals surface area contributed by atoms with Crippen LogP contribution in [0, 0.1) is 0 Å². The Hall–Kier alpha value is -1.06. The summed E-state index contributed by atoms with van der Waals surface area (Å²) in [7, 11) is 1.78. The Morgan fingerprint density at radius 2 is 2.00 bits per heavy atom. The first-order valence-corrected chi connectivity index (χ1v) is 7.12. The molecule has 1 N–H and O–H groups in total. The van der Waals surface area contributed by atoms with Gasteiger partial charge in [0, 0.05) is 7.11 Å². The van der Waals surface area contributed by atoms with E-state index in [2.05, 4.69) is 38.2 Å². The first-order valence-electron chi connectivity index (χ1n) is 7.12. The zero-order chi connectivity index (χ0) is 14.3. The number of nitrogens with one attached hydrogen (secondary N) is 1. The standard InChI is InChI=1S/C16H27NO2/c1-6-16(4,18-5)15(17-7-2)13-10-9-11-14(12-13)19-8-3/h9-12,15,17H,6-8H2,1-5H3. The van der Waals surface area contributed by atoms with Gasteiger partial charge in [-0.25, -0.2) is 0 Å². The Morgan fingerprint density at radius 1 is 1.26 bits per heavy atom. The van der Waals surface area contributed by atoms with Gasteiger partial charge in [-0.2, -0.15) is 0 Å². The Balaban J connectivity index is 3.07. The van der Waals surface area contributed by atoms with Crippen molar-refractivity contribution in [1.82, 2.24) is 5.32 Å². The second-order valence-electron chi connectivity index (χ2n) is 4.87. The third-order valence-corrected chi connectivity index (χ3v) is 3.69. The van der Waals surface area contributed by atoms with E-state index in [0.717, 1.165) is 18.7 Å². The smallest absolute Gasteiger partial charge is 0.119 e. The van der Waals surface area contributed by atoms with Crippen molar-refractivity contribution in [3.8, 4) is 5.75 Å². The van der Waals surface area contributed by atoms with Gasteiger partial charge in [-0.1, -0.05) is 26.0 Å². The lowest BCUT2D eigenvalue weighted by Gasteiger charge is -2.36. The van der Waals surface area contributed by atoms with Crippen LogP contribution in [0.15, 0.2) is 24.3 Å². The Kier molecular flexibility index (Phi) is 6.32. The van der Waals surface area contributed by atoms with Gasteiger partial charge in [0.25, 0.3) is 0 Å². The van der Waals surface area contributed by atoms with Crippen molar-refractivity contribution in [2.24, 2.45) is 0 Å². The summed E-state index contributed by atoms with van der Waals surface area (Å²) in [5.74, 6) is 0.914. The molecule has 2 unspecified atom stereocenters. The lowest BCUT2D eigenvalue weighted by molar-refractivity contribution is -0.0296. The fourth-order valence-electron chi connectivity index (χ4n) is 2.31. The summed E-state index contributed by atoms with van der Waals surface area (Å²) in [6, 6.07) is 8.42. The lowest BCUT2D eigenvalue weighted by Crippen LogP contribution is -2.42. The van der Waals surface area contributed by atoms with E-state index in [1.165, 1.54) is 5.56 Å². The van der Waals surface area contributed by atoms with Crippen LogP contribution in [-0.2, 0) is 4.74 Å². The highest BCUT2D eigenvalue weighted by molar-refractivity contribution is 5.32. The summed E-state index contributed by atoms with van der Waals surface area (Å²) in [4.78, 5) is 0. The molecule has 0 amide bonds. The molecule has 0 aliphatic rings. The van der Waals surface area contributed by atoms with Gasteiger partial charge >= 0.3 is 0 Å². The molecule has 1 aromatic carbocycles. The molecule has 0 aromatic heterocycles. The summed E-state index contributed by atoms with van der Waals surface area (Å²) in [5.41, 5.74) is 0.986. The van der Waals surface area contributed by atoms with Gasteiger partial charge in [-0.15, -0.1) is 0 Å². The van der Waals surface area contributed by atoms with Crippen LogP contribution < -0.4 is 10.1 Å². The first kappa shape index (κ1) is 16.0. The fourth-order valence-corrected chi connectivity index (χ4v) is 2.31. The maximum atomic E-state index is 5.75. The molecule has 0 spiro atoms. The van der Waals surface area contributed by atoms with E-state index in [1.54, 1.807) is 7.11 Å². The zero-order valence-corrected chi connectivity index (χ0v) is 12.8. The van der Waals surface area contributed by atoms with Gasteiger partial charge in [0.1, 0.15) is 5.75 Å². The minimum absolute atomic E-state index is 0.160. The largest absolute Gasteiger partial charge is 0.494 e. The Morgan fingerprint density at radius 3 is 2.53 bits per heavy atom. The third-order valence-electron chi connectivity index (χ3n) is 3.69. The molecule has 0 saturated carbocycles. The highest BCUT2D eigenvalue weighted by Gasteiger charge is 2.33. The van der Waals surface area contributed by atoms with E-state index >= 15 is 0 Å². The molecule has 0 aliphatic carbocycles. The molecule has 2 atom stereocenters. The van der Waals surface area contributed by atoms with Crippen molar-refractivity contribution in [3.05, 3.63) is 29.8 Å². The van der Waals surface area contributed by atoms with Gasteiger partial charge in [0.15, 0.2) is 0 Å². The van der Waals surface area contributed by atoms with Crippen LogP contribution in [0.1, 0.15) is 45.7 Å². The predicted octanol–water partition coefficient (Wildman–Crippen LogP) is 3.55. The maximum Gasteiger partial charge on any atom is 0.119 e. The number of methoxy groups -OCH3 is 1. The van der Waals surface area contributed by atoms with Crippen molar-refractivity contribution in [3.63, 3.8) is 0 Å². The summed E-state index contributed by atoms with van der Waals surface area (Å²) >= 11 is 0. The summed E-state index contributed by atoms with van der Waals surface area (Å²) < 4.78 is 11.3. The normalized spacial score (nSPS) is 15.8. The average molecular weight is 265 g/mol. The average Bonchev–Trinajstić information content (AvgIpc) is 2.44. The molecule has 3 nitrogen and oxygen atoms in total. The van der Waals surface area contributed by atoms with E-state index < -0.39 is 0 Å². The molecule has 3 heteroatoms. The number of ether oxygens (including phenoxy) is 2. The third kappa shape index (κ3) is 3.95. The number of hydrogen-bond donors (Lipinski definition) is 1. The minimum Gasteiger partial charge on any atom is -0.494 e. The van der Waals surface area contributed by atoms with E-state index in [1.807, 2.05) is 19.1 Å². The summed E-state index contributed by atoms with van der Waals surface area (Å²) in [6.45, 7) is 10.0. The van der Waals surface area contributed by atoms with Crippen molar-refractivity contribution in [2.45, 2.75) is 45.8 Å². The number of rotatable bonds is 8. The maximum absolute atomic E-state index is 5.75. The fraction of sp³-hybridized carbons (Fsp3) is 0.625. The second-order valence-corrected chi connectivity index (χ2v) is 4.87. The second kappa shape index (κ2) is 7.51. The Bertz CT molecular complexity index is 375. The quantitative estimate of drug-likeness (QED) is 0.779. The molecule has 0 aliphatic heterocycles. The van der Waals surface area contributed by atoms with Crippen LogP contribution in [-0.4, -0.2) is 25.9 Å². The van der Waals surface area contributed by atoms with Crippen LogP contribution in [0.25, 0.3) is 0 Å². The zero-order valence-electron chi connectivity index (χ0n) is 12.8. The minimum atomic E-state index is -0.221. The molecule has 1 rings (SSSR count). The van der Waals surface area contributed by atoms with E-state index in [9.17, 15) is 0 Å². The highest BCUT2D eigenvalue weighted by Crippen LogP contribution is 2.33. The molecular weight excluding hydrogens is 238 g/mol. The molecular formula is C16H27NO2. The van der Waals surface area contributed by atoms with Gasteiger partial charge in [-0.05, 0) is 44.5 Å². The first-order chi connectivity index (χ1) is 9.11. The lowest BCUT2D eigenvalue weighted by atomic mass is 9.87. The molecule has 108 valence electrons. The highest BCUT2D eigenvalue weighted by atomic mass is 16.5. The number of likely N-dealkylation sites (N-methyl/N-ethyl adjacent to an activating group) is 1. The van der Waals surface area contributed by atoms with Gasteiger partial charge in [0.2, 0.25) is 0 Å². The molecule has 0 fully saturated rings. The van der Waals surface area contributed by atoms with Crippen LogP contribution in [0.3, 0.4) is 0 Å². The van der Waals surface area contributed by atoms with Crippen LogP contribution in [0.5, 0.6) is 5.75 Å². The summed E-state index contributed by atoms with van der Waals surface area (Å²) in [5, 5.41) is 3.53. The molecule has 0 saturated heterocycles. The number of hydrogen-bond acceptors (Lipinski definition) is 3. The van der Waals surface area contributed by atoms with Crippen molar-refractivity contribution in [2.75, 3.05) is 20.3 Å². The van der Waals surface area contributed by atoms with Gasteiger partial charge < -0.3 is 14.8 Å². The molecule has 1 aromatic rings. The summed E-state index contributed by atoms with van der Waals surface area (Å²) in [6.07, 6.45) is 0.944. The number of benzene rings is 1. The van der Waals surface area contributed by atoms with E-state index in [0.29, 0.717) is 6.61 Å². The Labute approximate surface area is 117 Å². The molecule has 0 bridgehead atoms. The van der Waals surface area contributed by atoms with Crippen LogP contribution in [0.2, 0.25) is 0 Å². The van der Waals surface area contributed by atoms with Crippen molar-refractivity contribution < 1.29 is 9.47 Å². The van der Waals surface area contributed by atoms with Crippen LogP contribution in [0.4, 0.5) is 0 Å². The van der Waals surface area contributed by atoms with E-state index in [-0.39, 0.29) is 11.6 Å². The predicted molar refractivity (Wildman–Crippen MR) is 79.7 cm³/mol. The topological polar surface area (TPSA) is 30.5 Å². The molecule has 0 heterocycles. The van der Waals surface area contributed by atoms with Gasteiger partial charge in [0.05, 0.1) is 18.2 Å².